The van der Waals surface area contributed by atoms with Gasteiger partial charge >= 0.3 is 0 Å². The lowest BCUT2D eigenvalue weighted by Gasteiger charge is -2.34. The van der Waals surface area contributed by atoms with Crippen molar-refractivity contribution in [3.63, 3.8) is 0 Å². The van der Waals surface area contributed by atoms with Gasteiger partial charge in [-0.15, -0.1) is 0 Å². The Balaban J connectivity index is 1.87. The van der Waals surface area contributed by atoms with Crippen LogP contribution in [-0.2, 0) is 16.6 Å². The minimum absolute atomic E-state index is 0.254. The molecule has 1 saturated heterocycles. The van der Waals surface area contributed by atoms with E-state index in [-0.39, 0.29) is 5.75 Å². The van der Waals surface area contributed by atoms with E-state index in [0.29, 0.717) is 19.5 Å². The molecule has 0 saturated carbocycles. The molecule has 0 radical (unpaired) electrons. The van der Waals surface area contributed by atoms with Crippen molar-refractivity contribution in [3.05, 3.63) is 34.9 Å². The standard InChI is InChI=1S/C14H21ClN2O2S/c1-2-11-20(18,19)17-9-7-16(8-10-17)12-13-3-5-14(15)6-4-13/h3-6H,2,7-12H2,1H3. The summed E-state index contributed by atoms with van der Waals surface area (Å²) in [6.07, 6.45) is 0.674. The number of halogens is 1. The highest BCUT2D eigenvalue weighted by Crippen LogP contribution is 2.14. The Labute approximate surface area is 126 Å². The number of sulfonamides is 1. The van der Waals surface area contributed by atoms with Gasteiger partial charge in [-0.1, -0.05) is 30.7 Å². The normalized spacial score (nSPS) is 18.3. The van der Waals surface area contributed by atoms with Crippen molar-refractivity contribution in [2.24, 2.45) is 0 Å². The average Bonchev–Trinajstić information content (AvgIpc) is 2.42. The van der Waals surface area contributed by atoms with Crippen molar-refractivity contribution >= 4 is 21.6 Å². The van der Waals surface area contributed by atoms with Gasteiger partial charge in [0, 0.05) is 37.7 Å². The van der Waals surface area contributed by atoms with Gasteiger partial charge in [0.15, 0.2) is 0 Å². The first kappa shape index (κ1) is 15.8. The molecule has 0 N–H and O–H groups in total. The van der Waals surface area contributed by atoms with Crippen LogP contribution in [0.5, 0.6) is 0 Å². The molecule has 6 heteroatoms. The third kappa shape index (κ3) is 4.19. The van der Waals surface area contributed by atoms with E-state index >= 15 is 0 Å². The van der Waals surface area contributed by atoms with Crippen LogP contribution in [0.2, 0.25) is 5.02 Å². The molecule has 20 heavy (non-hydrogen) atoms. The molecule has 0 spiro atoms. The number of hydrogen-bond acceptors (Lipinski definition) is 3. The van der Waals surface area contributed by atoms with E-state index in [9.17, 15) is 8.42 Å². The Hall–Kier alpha value is -0.620. The van der Waals surface area contributed by atoms with Crippen molar-refractivity contribution in [3.8, 4) is 0 Å². The highest BCUT2D eigenvalue weighted by molar-refractivity contribution is 7.89. The zero-order valence-corrected chi connectivity index (χ0v) is 13.3. The molecule has 0 amide bonds. The lowest BCUT2D eigenvalue weighted by Crippen LogP contribution is -2.48. The molecule has 1 aromatic rings. The number of piperazine rings is 1. The highest BCUT2D eigenvalue weighted by Gasteiger charge is 2.25. The van der Waals surface area contributed by atoms with Crippen LogP contribution in [0.4, 0.5) is 0 Å². The van der Waals surface area contributed by atoms with Crippen LogP contribution in [-0.4, -0.2) is 49.6 Å². The van der Waals surface area contributed by atoms with Crippen molar-refractivity contribution in [1.82, 2.24) is 9.21 Å². The molecule has 0 bridgehead atoms. The molecule has 1 aliphatic rings. The molecule has 1 fully saturated rings. The van der Waals surface area contributed by atoms with E-state index < -0.39 is 10.0 Å². The quantitative estimate of drug-likeness (QED) is 0.836. The summed E-state index contributed by atoms with van der Waals surface area (Å²) >= 11 is 5.87. The maximum absolute atomic E-state index is 12.0. The van der Waals surface area contributed by atoms with E-state index in [1.807, 2.05) is 31.2 Å². The summed E-state index contributed by atoms with van der Waals surface area (Å²) < 4.78 is 25.6. The highest BCUT2D eigenvalue weighted by atomic mass is 35.5. The fraction of sp³-hybridized carbons (Fsp3) is 0.571. The summed E-state index contributed by atoms with van der Waals surface area (Å²) in [6.45, 7) is 5.50. The van der Waals surface area contributed by atoms with E-state index in [4.69, 9.17) is 11.6 Å². The molecule has 2 rings (SSSR count). The monoisotopic (exact) mass is 316 g/mol. The fourth-order valence-corrected chi connectivity index (χ4v) is 4.02. The Kier molecular flexibility index (Phi) is 5.43. The van der Waals surface area contributed by atoms with Gasteiger partial charge in [-0.3, -0.25) is 4.90 Å². The number of nitrogens with zero attached hydrogens (tertiary/aromatic N) is 2. The Bertz CT molecular complexity index is 523. The van der Waals surface area contributed by atoms with E-state index in [0.717, 1.165) is 24.7 Å². The van der Waals surface area contributed by atoms with Gasteiger partial charge in [-0.25, -0.2) is 8.42 Å². The van der Waals surface area contributed by atoms with Crippen molar-refractivity contribution in [2.45, 2.75) is 19.9 Å². The third-order valence-corrected chi connectivity index (χ3v) is 5.83. The van der Waals surface area contributed by atoms with Gasteiger partial charge in [0.2, 0.25) is 10.0 Å². The van der Waals surface area contributed by atoms with Crippen LogP contribution >= 0.6 is 11.6 Å². The molecule has 112 valence electrons. The number of hydrogen-bond donors (Lipinski definition) is 0. The molecule has 4 nitrogen and oxygen atoms in total. The summed E-state index contributed by atoms with van der Waals surface area (Å²) in [6, 6.07) is 7.81. The van der Waals surface area contributed by atoms with E-state index in [1.54, 1.807) is 4.31 Å². The first-order valence-corrected chi connectivity index (χ1v) is 8.94. The SMILES string of the molecule is CCCS(=O)(=O)N1CCN(Cc2ccc(Cl)cc2)CC1. The molecule has 0 atom stereocenters. The van der Waals surface area contributed by atoms with Crippen LogP contribution in [0.1, 0.15) is 18.9 Å². The second kappa shape index (κ2) is 6.89. The third-order valence-electron chi connectivity index (χ3n) is 3.51. The summed E-state index contributed by atoms with van der Waals surface area (Å²) in [5.74, 6) is 0.254. The summed E-state index contributed by atoms with van der Waals surface area (Å²) in [7, 11) is -3.05. The van der Waals surface area contributed by atoms with Crippen molar-refractivity contribution < 1.29 is 8.42 Å². The summed E-state index contributed by atoms with van der Waals surface area (Å²) in [5.41, 5.74) is 1.21. The Morgan fingerprint density at radius 3 is 2.25 bits per heavy atom. The van der Waals surface area contributed by atoms with Crippen LogP contribution < -0.4 is 0 Å². The predicted molar refractivity (Wildman–Crippen MR) is 82.4 cm³/mol. The van der Waals surface area contributed by atoms with Crippen LogP contribution in [0.3, 0.4) is 0 Å². The number of rotatable bonds is 5. The fourth-order valence-electron chi connectivity index (χ4n) is 2.40. The van der Waals surface area contributed by atoms with E-state index in [1.165, 1.54) is 5.56 Å². The van der Waals surface area contributed by atoms with Crippen molar-refractivity contribution in [1.29, 1.82) is 0 Å². The molecule has 0 unspecified atom stereocenters. The Morgan fingerprint density at radius 2 is 1.70 bits per heavy atom. The second-order valence-electron chi connectivity index (χ2n) is 5.12. The second-order valence-corrected chi connectivity index (χ2v) is 7.64. The predicted octanol–water partition coefficient (Wildman–Crippen LogP) is 2.20. The first-order valence-electron chi connectivity index (χ1n) is 6.96. The lowest BCUT2D eigenvalue weighted by atomic mass is 10.2. The molecule has 0 aromatic heterocycles. The van der Waals surface area contributed by atoms with Gasteiger partial charge in [-0.05, 0) is 24.1 Å². The molecule has 1 heterocycles. The molecule has 1 aliphatic heterocycles. The average molecular weight is 317 g/mol. The zero-order valence-electron chi connectivity index (χ0n) is 11.8. The van der Waals surface area contributed by atoms with Crippen LogP contribution in [0.15, 0.2) is 24.3 Å². The number of benzene rings is 1. The minimum atomic E-state index is -3.05. The molecule has 0 aliphatic carbocycles. The molecule has 1 aromatic carbocycles. The first-order chi connectivity index (χ1) is 9.51. The summed E-state index contributed by atoms with van der Waals surface area (Å²) in [5, 5.41) is 0.740. The van der Waals surface area contributed by atoms with Gasteiger partial charge in [0.1, 0.15) is 0 Å². The van der Waals surface area contributed by atoms with Crippen molar-refractivity contribution in [2.75, 3.05) is 31.9 Å². The van der Waals surface area contributed by atoms with Gasteiger partial charge in [0.25, 0.3) is 0 Å². The van der Waals surface area contributed by atoms with Crippen LogP contribution in [0, 0.1) is 0 Å². The molecular formula is C14H21ClN2O2S. The topological polar surface area (TPSA) is 40.6 Å². The maximum Gasteiger partial charge on any atom is 0.214 e. The largest absolute Gasteiger partial charge is 0.296 e. The Morgan fingerprint density at radius 1 is 1.10 bits per heavy atom. The summed E-state index contributed by atoms with van der Waals surface area (Å²) in [4.78, 5) is 2.28. The van der Waals surface area contributed by atoms with Gasteiger partial charge in [-0.2, -0.15) is 4.31 Å². The smallest absolute Gasteiger partial charge is 0.214 e. The van der Waals surface area contributed by atoms with Crippen LogP contribution in [0.25, 0.3) is 0 Å². The zero-order chi connectivity index (χ0) is 14.6. The lowest BCUT2D eigenvalue weighted by molar-refractivity contribution is 0.181. The minimum Gasteiger partial charge on any atom is -0.296 e. The van der Waals surface area contributed by atoms with Gasteiger partial charge < -0.3 is 0 Å². The molecular weight excluding hydrogens is 296 g/mol. The maximum atomic E-state index is 12.0. The van der Waals surface area contributed by atoms with Gasteiger partial charge in [0.05, 0.1) is 5.75 Å². The van der Waals surface area contributed by atoms with E-state index in [2.05, 4.69) is 4.90 Å².